The second-order valence-electron chi connectivity index (χ2n) is 2.76. The minimum absolute atomic E-state index is 0. The number of halogens is 1. The normalized spacial score (nSPS) is 8.57. The van der Waals surface area contributed by atoms with Crippen LogP contribution in [0.1, 0.15) is 13.8 Å². The summed E-state index contributed by atoms with van der Waals surface area (Å²) in [7, 11) is 1.63. The summed E-state index contributed by atoms with van der Waals surface area (Å²) >= 11 is 0. The Hall–Kier alpha value is 0.0662. The molecule has 2 nitrogen and oxygen atoms in total. The summed E-state index contributed by atoms with van der Waals surface area (Å²) in [5.74, 6) is 1.55. The fourth-order valence-electron chi connectivity index (χ4n) is 0.851. The van der Waals surface area contributed by atoms with E-state index in [1.807, 2.05) is 26.0 Å². The molecule has 0 fully saturated rings. The van der Waals surface area contributed by atoms with E-state index in [1.165, 1.54) is 0 Å². The van der Waals surface area contributed by atoms with Gasteiger partial charge in [-0.05, 0) is 13.8 Å². The van der Waals surface area contributed by atoms with Crippen LogP contribution in [0.5, 0.6) is 11.5 Å². The van der Waals surface area contributed by atoms with Crippen molar-refractivity contribution < 1.29 is 26.5 Å². The van der Waals surface area contributed by atoms with Crippen molar-refractivity contribution in [2.45, 2.75) is 20.0 Å². The minimum atomic E-state index is 0. The molecule has 0 amide bonds. The average molecular weight is 269 g/mol. The Morgan fingerprint density at radius 1 is 1.29 bits per heavy atom. The smallest absolute Gasteiger partial charge is 1.00 e. The molecule has 0 saturated heterocycles. The van der Waals surface area contributed by atoms with Gasteiger partial charge in [-0.2, -0.15) is 0 Å². The van der Waals surface area contributed by atoms with E-state index in [-0.39, 0.29) is 46.1 Å². The summed E-state index contributed by atoms with van der Waals surface area (Å²) in [5, 5.41) is 0. The largest absolute Gasteiger partial charge is 2.00 e. The van der Waals surface area contributed by atoms with Gasteiger partial charge in [0.1, 0.15) is 0 Å². The van der Waals surface area contributed by atoms with E-state index >= 15 is 0 Å². The molecule has 0 heterocycles. The van der Waals surface area contributed by atoms with Crippen LogP contribution in [0.3, 0.4) is 0 Å². The van der Waals surface area contributed by atoms with Crippen molar-refractivity contribution in [1.29, 1.82) is 0 Å². The van der Waals surface area contributed by atoms with Gasteiger partial charge >= 0.3 is 23.1 Å². The van der Waals surface area contributed by atoms with Gasteiger partial charge in [0.25, 0.3) is 0 Å². The van der Waals surface area contributed by atoms with Crippen molar-refractivity contribution in [2.24, 2.45) is 0 Å². The SMILES string of the molecule is COc1c[c-]c(OC(C)C)cc1.[Br-].[Mg+2]. The summed E-state index contributed by atoms with van der Waals surface area (Å²) in [6.07, 6.45) is 0.189. The Kier molecular flexibility index (Phi) is 9.87. The molecule has 0 aromatic heterocycles. The molecule has 0 atom stereocenters. The van der Waals surface area contributed by atoms with Gasteiger partial charge in [-0.25, -0.2) is 0 Å². The molecular formula is C10H13BrMgO2. The fourth-order valence-corrected chi connectivity index (χ4v) is 0.851. The van der Waals surface area contributed by atoms with E-state index < -0.39 is 0 Å². The van der Waals surface area contributed by atoms with Gasteiger partial charge in [0, 0.05) is 11.5 Å². The van der Waals surface area contributed by atoms with E-state index in [9.17, 15) is 0 Å². The quantitative estimate of drug-likeness (QED) is 0.513. The first-order valence-electron chi connectivity index (χ1n) is 3.94. The molecule has 0 spiro atoms. The first kappa shape index (κ1) is 16.5. The molecule has 0 radical (unpaired) electrons. The molecular weight excluding hydrogens is 256 g/mol. The maximum Gasteiger partial charge on any atom is 2.00 e. The molecule has 0 N–H and O–H groups in total. The van der Waals surface area contributed by atoms with Crippen molar-refractivity contribution in [3.05, 3.63) is 24.3 Å². The number of rotatable bonds is 3. The number of hydrogen-bond acceptors (Lipinski definition) is 2. The van der Waals surface area contributed by atoms with Crippen LogP contribution in [0.4, 0.5) is 0 Å². The van der Waals surface area contributed by atoms with Gasteiger partial charge in [-0.15, -0.1) is 24.3 Å². The maximum atomic E-state index is 5.40. The van der Waals surface area contributed by atoms with Gasteiger partial charge < -0.3 is 26.5 Å². The van der Waals surface area contributed by atoms with E-state index in [0.717, 1.165) is 11.5 Å². The Morgan fingerprint density at radius 3 is 2.29 bits per heavy atom. The molecule has 14 heavy (non-hydrogen) atoms. The molecule has 0 aliphatic rings. The van der Waals surface area contributed by atoms with Crippen molar-refractivity contribution in [1.82, 2.24) is 0 Å². The molecule has 0 aliphatic carbocycles. The van der Waals surface area contributed by atoms with Crippen LogP contribution >= 0.6 is 0 Å². The van der Waals surface area contributed by atoms with Crippen LogP contribution in [0, 0.1) is 6.07 Å². The van der Waals surface area contributed by atoms with Gasteiger partial charge in [-0.3, -0.25) is 0 Å². The second-order valence-corrected chi connectivity index (χ2v) is 2.76. The Labute approximate surface area is 112 Å². The third-order valence-electron chi connectivity index (χ3n) is 1.35. The van der Waals surface area contributed by atoms with Crippen LogP contribution in [0.2, 0.25) is 0 Å². The van der Waals surface area contributed by atoms with Crippen LogP contribution in [-0.4, -0.2) is 36.3 Å². The second kappa shape index (κ2) is 8.38. The van der Waals surface area contributed by atoms with Crippen molar-refractivity contribution >= 4 is 23.1 Å². The van der Waals surface area contributed by atoms with E-state index in [4.69, 9.17) is 9.47 Å². The molecule has 0 bridgehead atoms. The molecule has 74 valence electrons. The Morgan fingerprint density at radius 2 is 1.93 bits per heavy atom. The number of hydrogen-bond donors (Lipinski definition) is 0. The van der Waals surface area contributed by atoms with Gasteiger partial charge in [0.05, 0.1) is 13.2 Å². The first-order chi connectivity index (χ1) is 5.72. The summed E-state index contributed by atoms with van der Waals surface area (Å²) in [4.78, 5) is 0. The monoisotopic (exact) mass is 268 g/mol. The van der Waals surface area contributed by atoms with Crippen LogP contribution in [0.25, 0.3) is 0 Å². The van der Waals surface area contributed by atoms with E-state index in [1.54, 1.807) is 13.2 Å². The van der Waals surface area contributed by atoms with Crippen LogP contribution in [-0.2, 0) is 0 Å². The zero-order chi connectivity index (χ0) is 8.97. The standard InChI is InChI=1S/C10H13O2.BrH.Mg/c1-8(2)12-10-6-4-9(11-3)5-7-10;;/h4-6,8H,1-3H3;1H;/q-1;;+2/p-1. The van der Waals surface area contributed by atoms with Crippen molar-refractivity contribution in [3.8, 4) is 11.5 Å². The number of methoxy groups -OCH3 is 1. The summed E-state index contributed by atoms with van der Waals surface area (Å²) < 4.78 is 10.4. The summed E-state index contributed by atoms with van der Waals surface area (Å²) in [6, 6.07) is 8.44. The molecule has 1 aromatic rings. The molecule has 0 saturated carbocycles. The molecule has 0 unspecified atom stereocenters. The predicted molar refractivity (Wildman–Crippen MR) is 53.3 cm³/mol. The topological polar surface area (TPSA) is 18.5 Å². The Balaban J connectivity index is 0. The predicted octanol–water partition coefficient (Wildman–Crippen LogP) is -1.09. The van der Waals surface area contributed by atoms with Gasteiger partial charge in [-0.1, -0.05) is 0 Å². The first-order valence-corrected chi connectivity index (χ1v) is 3.94. The van der Waals surface area contributed by atoms with Crippen molar-refractivity contribution in [2.75, 3.05) is 7.11 Å². The molecule has 0 aliphatic heterocycles. The summed E-state index contributed by atoms with van der Waals surface area (Å²) in [6.45, 7) is 3.97. The Bertz CT molecular complexity index is 236. The van der Waals surface area contributed by atoms with Gasteiger partial charge in [0.2, 0.25) is 0 Å². The minimum Gasteiger partial charge on any atom is -1.00 e. The molecule has 1 rings (SSSR count). The van der Waals surface area contributed by atoms with E-state index in [2.05, 4.69) is 6.07 Å². The van der Waals surface area contributed by atoms with E-state index in [0.29, 0.717) is 0 Å². The average Bonchev–Trinajstić information content (AvgIpc) is 2.05. The van der Waals surface area contributed by atoms with Crippen molar-refractivity contribution in [3.63, 3.8) is 0 Å². The summed E-state index contributed by atoms with van der Waals surface area (Å²) in [5.41, 5.74) is 0. The maximum absolute atomic E-state index is 5.40. The number of ether oxygens (including phenoxy) is 2. The number of benzene rings is 1. The van der Waals surface area contributed by atoms with Gasteiger partial charge in [0.15, 0.2) is 0 Å². The molecule has 1 aromatic carbocycles. The van der Waals surface area contributed by atoms with Crippen LogP contribution < -0.4 is 26.5 Å². The van der Waals surface area contributed by atoms with Crippen LogP contribution in [0.15, 0.2) is 18.2 Å². The zero-order valence-corrected chi connectivity index (χ0v) is 11.7. The molecule has 4 heteroatoms. The zero-order valence-electron chi connectivity index (χ0n) is 8.71. The fraction of sp³-hybridized carbons (Fsp3) is 0.400. The third-order valence-corrected chi connectivity index (χ3v) is 1.35. The third kappa shape index (κ3) is 5.72.